The van der Waals surface area contributed by atoms with E-state index >= 15 is 0 Å². The summed E-state index contributed by atoms with van der Waals surface area (Å²) in [6.07, 6.45) is 7.21. The Bertz CT molecular complexity index is 820. The smallest absolute Gasteiger partial charge is 0.0991 e. The van der Waals surface area contributed by atoms with Crippen molar-refractivity contribution in [1.82, 2.24) is 9.97 Å². The predicted octanol–water partition coefficient (Wildman–Crippen LogP) is 3.86. The van der Waals surface area contributed by atoms with E-state index in [9.17, 15) is 0 Å². The monoisotopic (exact) mass is 300 g/mol. The summed E-state index contributed by atoms with van der Waals surface area (Å²) >= 11 is 0. The number of nitrogens with one attached hydrogen (secondary N) is 1. The fourth-order valence-corrected chi connectivity index (χ4v) is 2.43. The van der Waals surface area contributed by atoms with Crippen LogP contribution in [0.4, 0.5) is 5.69 Å². The molecule has 2 heterocycles. The Kier molecular flexibility index (Phi) is 4.30. The van der Waals surface area contributed by atoms with Crippen molar-refractivity contribution < 1.29 is 0 Å². The number of hydrogen-bond donors (Lipinski definition) is 1. The van der Waals surface area contributed by atoms with Gasteiger partial charge in [0, 0.05) is 18.6 Å². The highest BCUT2D eigenvalue weighted by molar-refractivity contribution is 5.52. The fourth-order valence-electron chi connectivity index (χ4n) is 2.43. The Balaban J connectivity index is 2.00. The van der Waals surface area contributed by atoms with E-state index in [0.29, 0.717) is 5.56 Å². The van der Waals surface area contributed by atoms with Crippen LogP contribution in [0.5, 0.6) is 0 Å². The summed E-state index contributed by atoms with van der Waals surface area (Å²) in [6, 6.07) is 15.6. The maximum Gasteiger partial charge on any atom is 0.0991 e. The van der Waals surface area contributed by atoms with E-state index in [-0.39, 0.29) is 6.04 Å². The van der Waals surface area contributed by atoms with Crippen LogP contribution in [0.15, 0.2) is 67.3 Å². The van der Waals surface area contributed by atoms with Gasteiger partial charge in [-0.1, -0.05) is 18.2 Å². The van der Waals surface area contributed by atoms with Crippen molar-refractivity contribution in [3.8, 4) is 6.07 Å². The normalized spacial score (nSPS) is 11.5. The second-order valence-electron chi connectivity index (χ2n) is 5.29. The van der Waals surface area contributed by atoms with Crippen LogP contribution >= 0.6 is 0 Å². The van der Waals surface area contributed by atoms with Crippen LogP contribution in [0.2, 0.25) is 0 Å². The molecule has 1 N–H and O–H groups in total. The average Bonchev–Trinajstić information content (AvgIpc) is 2.62. The average molecular weight is 300 g/mol. The molecule has 0 aliphatic heterocycles. The largest absolute Gasteiger partial charge is 0.373 e. The zero-order valence-corrected chi connectivity index (χ0v) is 12.8. The molecule has 0 radical (unpaired) electrons. The summed E-state index contributed by atoms with van der Waals surface area (Å²) in [5.41, 5.74) is 4.88. The molecular formula is C19H16N4. The van der Waals surface area contributed by atoms with Crippen molar-refractivity contribution in [1.29, 1.82) is 5.26 Å². The van der Waals surface area contributed by atoms with Gasteiger partial charge in [-0.25, -0.2) is 0 Å². The first kappa shape index (κ1) is 14.7. The topological polar surface area (TPSA) is 61.6 Å². The van der Waals surface area contributed by atoms with Gasteiger partial charge < -0.3 is 5.32 Å². The molecule has 0 bridgehead atoms. The van der Waals surface area contributed by atoms with Gasteiger partial charge in [-0.3, -0.25) is 9.97 Å². The molecule has 0 aliphatic carbocycles. The number of pyridine rings is 2. The highest BCUT2D eigenvalue weighted by Gasteiger charge is 2.15. The standard InChI is InChI=1S/C19H16N4/c1-14-8-10-22-13-18(14)23-19(17-3-2-9-21-12-17)16-6-4-15(11-20)5-7-16/h2-10,12-13,19,23H,1H3. The maximum atomic E-state index is 8.97. The molecule has 1 atom stereocenters. The lowest BCUT2D eigenvalue weighted by Gasteiger charge is -2.21. The molecule has 0 saturated heterocycles. The summed E-state index contributed by atoms with van der Waals surface area (Å²) in [7, 11) is 0. The van der Waals surface area contributed by atoms with Crippen LogP contribution in [0.1, 0.15) is 28.3 Å². The van der Waals surface area contributed by atoms with Crippen LogP contribution in [0, 0.1) is 18.3 Å². The molecule has 0 spiro atoms. The lowest BCUT2D eigenvalue weighted by Crippen LogP contribution is -2.13. The van der Waals surface area contributed by atoms with E-state index < -0.39 is 0 Å². The van der Waals surface area contributed by atoms with Crippen LogP contribution in [0.3, 0.4) is 0 Å². The summed E-state index contributed by atoms with van der Waals surface area (Å²) in [4.78, 5) is 8.41. The van der Waals surface area contributed by atoms with E-state index in [4.69, 9.17) is 5.26 Å². The summed E-state index contributed by atoms with van der Waals surface area (Å²) in [5, 5.41) is 12.5. The minimum Gasteiger partial charge on any atom is -0.373 e. The first-order valence-corrected chi connectivity index (χ1v) is 7.35. The van der Waals surface area contributed by atoms with Crippen LogP contribution < -0.4 is 5.32 Å². The van der Waals surface area contributed by atoms with Crippen LogP contribution in [-0.2, 0) is 0 Å². The zero-order chi connectivity index (χ0) is 16.1. The number of nitrogens with zero attached hydrogens (tertiary/aromatic N) is 3. The lowest BCUT2D eigenvalue weighted by molar-refractivity contribution is 0.922. The Hall–Kier alpha value is -3.19. The second kappa shape index (κ2) is 6.71. The molecule has 112 valence electrons. The van der Waals surface area contributed by atoms with Gasteiger partial charge in [0.2, 0.25) is 0 Å². The van der Waals surface area contributed by atoms with E-state index in [1.54, 1.807) is 12.4 Å². The second-order valence-corrected chi connectivity index (χ2v) is 5.29. The summed E-state index contributed by atoms with van der Waals surface area (Å²) in [5.74, 6) is 0. The molecule has 0 saturated carbocycles. The van der Waals surface area contributed by atoms with E-state index in [2.05, 4.69) is 21.4 Å². The van der Waals surface area contributed by atoms with Crippen molar-refractivity contribution >= 4 is 5.69 Å². The number of aryl methyl sites for hydroxylation is 1. The molecule has 3 rings (SSSR count). The molecule has 3 aromatic rings. The lowest BCUT2D eigenvalue weighted by atomic mass is 9.98. The van der Waals surface area contributed by atoms with Gasteiger partial charge in [-0.15, -0.1) is 0 Å². The van der Waals surface area contributed by atoms with Gasteiger partial charge in [0.05, 0.1) is 29.6 Å². The van der Waals surface area contributed by atoms with Crippen molar-refractivity contribution in [3.05, 3.63) is 89.5 Å². The summed E-state index contributed by atoms with van der Waals surface area (Å²) in [6.45, 7) is 2.04. The highest BCUT2D eigenvalue weighted by atomic mass is 14.9. The van der Waals surface area contributed by atoms with Crippen molar-refractivity contribution in [2.24, 2.45) is 0 Å². The molecule has 1 aromatic carbocycles. The molecule has 0 aliphatic rings. The molecule has 1 unspecified atom stereocenters. The SMILES string of the molecule is Cc1ccncc1NC(c1ccc(C#N)cc1)c1cccnc1. The van der Waals surface area contributed by atoms with Crippen molar-refractivity contribution in [3.63, 3.8) is 0 Å². The highest BCUT2D eigenvalue weighted by Crippen LogP contribution is 2.27. The molecule has 0 amide bonds. The third-order valence-electron chi connectivity index (χ3n) is 3.73. The molecule has 2 aromatic heterocycles. The first-order chi connectivity index (χ1) is 11.3. The Morgan fingerprint density at radius 1 is 0.957 bits per heavy atom. The fraction of sp³-hybridized carbons (Fsp3) is 0.105. The maximum absolute atomic E-state index is 8.97. The number of aromatic nitrogens is 2. The first-order valence-electron chi connectivity index (χ1n) is 7.35. The van der Waals surface area contributed by atoms with E-state index in [0.717, 1.165) is 22.4 Å². The van der Waals surface area contributed by atoms with E-state index in [1.807, 2.05) is 61.8 Å². The van der Waals surface area contributed by atoms with Gasteiger partial charge in [0.1, 0.15) is 0 Å². The Labute approximate surface area is 135 Å². The summed E-state index contributed by atoms with van der Waals surface area (Å²) < 4.78 is 0. The minimum atomic E-state index is -0.0562. The number of anilines is 1. The molecule has 4 heteroatoms. The molecule has 4 nitrogen and oxygen atoms in total. The van der Waals surface area contributed by atoms with Crippen LogP contribution in [0.25, 0.3) is 0 Å². The molecular weight excluding hydrogens is 284 g/mol. The Morgan fingerprint density at radius 3 is 2.39 bits per heavy atom. The number of nitriles is 1. The van der Waals surface area contributed by atoms with Gasteiger partial charge in [-0.2, -0.15) is 5.26 Å². The Morgan fingerprint density at radius 2 is 1.74 bits per heavy atom. The zero-order valence-electron chi connectivity index (χ0n) is 12.8. The van der Waals surface area contributed by atoms with Crippen molar-refractivity contribution in [2.75, 3.05) is 5.32 Å². The molecule has 23 heavy (non-hydrogen) atoms. The number of rotatable bonds is 4. The quantitative estimate of drug-likeness (QED) is 0.794. The van der Waals surface area contributed by atoms with Crippen LogP contribution in [-0.4, -0.2) is 9.97 Å². The van der Waals surface area contributed by atoms with Crippen molar-refractivity contribution in [2.45, 2.75) is 13.0 Å². The van der Waals surface area contributed by atoms with E-state index in [1.165, 1.54) is 0 Å². The predicted molar refractivity (Wildman–Crippen MR) is 89.8 cm³/mol. The minimum absolute atomic E-state index is 0.0562. The van der Waals surface area contributed by atoms with Gasteiger partial charge in [-0.05, 0) is 47.9 Å². The number of hydrogen-bond acceptors (Lipinski definition) is 4. The third-order valence-corrected chi connectivity index (χ3v) is 3.73. The molecule has 0 fully saturated rings. The van der Waals surface area contributed by atoms with Gasteiger partial charge >= 0.3 is 0 Å². The number of benzene rings is 1. The van der Waals surface area contributed by atoms with Gasteiger partial charge in [0.25, 0.3) is 0 Å². The van der Waals surface area contributed by atoms with Gasteiger partial charge in [0.15, 0.2) is 0 Å². The third kappa shape index (κ3) is 3.35.